The van der Waals surface area contributed by atoms with Crippen molar-refractivity contribution in [1.82, 2.24) is 4.90 Å². The van der Waals surface area contributed by atoms with Gasteiger partial charge >= 0.3 is 6.09 Å². The summed E-state index contributed by atoms with van der Waals surface area (Å²) in [6, 6.07) is 3.80. The van der Waals surface area contributed by atoms with Crippen molar-refractivity contribution < 1.29 is 18.7 Å². The van der Waals surface area contributed by atoms with Crippen LogP contribution in [-0.2, 0) is 9.47 Å². The van der Waals surface area contributed by atoms with Gasteiger partial charge in [-0.1, -0.05) is 0 Å². The minimum Gasteiger partial charge on any atom is -0.467 e. The standard InChI is InChI=1S/C18H29NO4/c1-14(16-8-6-11-22-16)21-12-9-15-7-5-10-19(13-15)17(20)23-18(2,3)4/h6,8,11,14-15H,5,7,9-10,12-13H2,1-4H3. The van der Waals surface area contributed by atoms with Crippen LogP contribution < -0.4 is 0 Å². The molecule has 1 aliphatic heterocycles. The van der Waals surface area contributed by atoms with Crippen molar-refractivity contribution in [2.75, 3.05) is 19.7 Å². The van der Waals surface area contributed by atoms with Gasteiger partial charge < -0.3 is 18.8 Å². The minimum absolute atomic E-state index is 0.0319. The van der Waals surface area contributed by atoms with Gasteiger partial charge in [0.1, 0.15) is 17.5 Å². The molecule has 0 bridgehead atoms. The molecule has 2 unspecified atom stereocenters. The number of hydrogen-bond donors (Lipinski definition) is 0. The van der Waals surface area contributed by atoms with E-state index in [1.54, 1.807) is 6.26 Å². The molecule has 0 saturated carbocycles. The molecular weight excluding hydrogens is 294 g/mol. The Morgan fingerprint density at radius 1 is 1.48 bits per heavy atom. The number of furan rings is 1. The van der Waals surface area contributed by atoms with Crippen molar-refractivity contribution in [2.24, 2.45) is 5.92 Å². The summed E-state index contributed by atoms with van der Waals surface area (Å²) in [5.74, 6) is 1.32. The first-order valence-electron chi connectivity index (χ1n) is 8.48. The highest BCUT2D eigenvalue weighted by molar-refractivity contribution is 5.68. The van der Waals surface area contributed by atoms with E-state index in [1.165, 1.54) is 0 Å². The summed E-state index contributed by atoms with van der Waals surface area (Å²) in [6.45, 7) is 9.91. The average molecular weight is 323 g/mol. The molecule has 130 valence electrons. The second-order valence-corrected chi connectivity index (χ2v) is 7.25. The van der Waals surface area contributed by atoms with Gasteiger partial charge in [0.15, 0.2) is 0 Å². The van der Waals surface area contributed by atoms with Gasteiger partial charge in [-0.05, 0) is 65.0 Å². The van der Waals surface area contributed by atoms with Crippen molar-refractivity contribution in [3.63, 3.8) is 0 Å². The molecule has 1 fully saturated rings. The molecule has 0 aromatic carbocycles. The second kappa shape index (κ2) is 7.86. The maximum atomic E-state index is 12.2. The number of hydrogen-bond acceptors (Lipinski definition) is 4. The van der Waals surface area contributed by atoms with E-state index in [0.717, 1.165) is 38.1 Å². The first kappa shape index (κ1) is 17.9. The molecule has 2 rings (SSSR count). The van der Waals surface area contributed by atoms with E-state index >= 15 is 0 Å². The Labute approximate surface area is 138 Å². The van der Waals surface area contributed by atoms with Crippen LogP contribution in [0.1, 0.15) is 58.8 Å². The third-order valence-corrected chi connectivity index (χ3v) is 4.01. The molecule has 1 aromatic rings. The molecule has 0 aliphatic carbocycles. The molecule has 23 heavy (non-hydrogen) atoms. The number of amides is 1. The minimum atomic E-state index is -0.439. The Hall–Kier alpha value is -1.49. The van der Waals surface area contributed by atoms with E-state index in [9.17, 15) is 4.79 Å². The maximum absolute atomic E-state index is 12.2. The average Bonchev–Trinajstić information content (AvgIpc) is 3.00. The molecule has 1 saturated heterocycles. The van der Waals surface area contributed by atoms with E-state index in [2.05, 4.69) is 0 Å². The van der Waals surface area contributed by atoms with Gasteiger partial charge in [0, 0.05) is 19.7 Å². The molecule has 1 aromatic heterocycles. The number of rotatable bonds is 5. The molecule has 1 amide bonds. The normalized spacial score (nSPS) is 20.3. The molecule has 0 radical (unpaired) electrons. The van der Waals surface area contributed by atoms with E-state index in [-0.39, 0.29) is 12.2 Å². The van der Waals surface area contributed by atoms with E-state index in [1.807, 2.05) is 44.7 Å². The first-order chi connectivity index (χ1) is 10.8. The van der Waals surface area contributed by atoms with Gasteiger partial charge in [-0.15, -0.1) is 0 Å². The van der Waals surface area contributed by atoms with Crippen LogP contribution in [0, 0.1) is 5.92 Å². The van der Waals surface area contributed by atoms with Gasteiger partial charge in [-0.25, -0.2) is 4.79 Å². The first-order valence-corrected chi connectivity index (χ1v) is 8.48. The lowest BCUT2D eigenvalue weighted by molar-refractivity contribution is 0.00893. The Balaban J connectivity index is 1.72. The maximum Gasteiger partial charge on any atom is 0.410 e. The molecular formula is C18H29NO4. The molecule has 0 spiro atoms. The molecule has 5 nitrogen and oxygen atoms in total. The fourth-order valence-electron chi connectivity index (χ4n) is 2.81. The Morgan fingerprint density at radius 3 is 2.91 bits per heavy atom. The number of likely N-dealkylation sites (tertiary alicyclic amines) is 1. The smallest absolute Gasteiger partial charge is 0.410 e. The summed E-state index contributed by atoms with van der Waals surface area (Å²) in [5, 5.41) is 0. The predicted octanol–water partition coefficient (Wildman–Crippen LogP) is 4.39. The van der Waals surface area contributed by atoms with Crippen molar-refractivity contribution in [3.8, 4) is 0 Å². The summed E-state index contributed by atoms with van der Waals surface area (Å²) in [7, 11) is 0. The van der Waals surface area contributed by atoms with Crippen LogP contribution in [0.2, 0.25) is 0 Å². The van der Waals surface area contributed by atoms with Gasteiger partial charge in [-0.2, -0.15) is 0 Å². The zero-order chi connectivity index (χ0) is 16.9. The monoisotopic (exact) mass is 323 g/mol. The number of carbonyl (C=O) groups excluding carboxylic acids is 1. The Bertz CT molecular complexity index is 478. The van der Waals surface area contributed by atoms with Crippen LogP contribution in [0.15, 0.2) is 22.8 Å². The largest absolute Gasteiger partial charge is 0.467 e. The van der Waals surface area contributed by atoms with Crippen molar-refractivity contribution >= 4 is 6.09 Å². The van der Waals surface area contributed by atoms with Crippen molar-refractivity contribution in [1.29, 1.82) is 0 Å². The lowest BCUT2D eigenvalue weighted by Crippen LogP contribution is -2.43. The van der Waals surface area contributed by atoms with Crippen molar-refractivity contribution in [3.05, 3.63) is 24.2 Å². The zero-order valence-electron chi connectivity index (χ0n) is 14.7. The topological polar surface area (TPSA) is 51.9 Å². The fraction of sp³-hybridized carbons (Fsp3) is 0.722. The number of ether oxygens (including phenoxy) is 2. The van der Waals surface area contributed by atoms with Gasteiger partial charge in [0.2, 0.25) is 0 Å². The number of carbonyl (C=O) groups is 1. The molecule has 2 heterocycles. The fourth-order valence-corrected chi connectivity index (χ4v) is 2.81. The summed E-state index contributed by atoms with van der Waals surface area (Å²) in [5.41, 5.74) is -0.439. The van der Waals surface area contributed by atoms with Crippen LogP contribution in [0.25, 0.3) is 0 Å². The third-order valence-electron chi connectivity index (χ3n) is 4.01. The van der Waals surface area contributed by atoms with Crippen molar-refractivity contribution in [2.45, 2.75) is 58.7 Å². The van der Waals surface area contributed by atoms with E-state index < -0.39 is 5.60 Å². The SMILES string of the molecule is CC(OCCC1CCCN(C(=O)OC(C)(C)C)C1)c1ccco1. The van der Waals surface area contributed by atoms with Crippen LogP contribution in [0.4, 0.5) is 4.79 Å². The highest BCUT2D eigenvalue weighted by Gasteiger charge is 2.27. The number of piperidine rings is 1. The highest BCUT2D eigenvalue weighted by Crippen LogP contribution is 2.23. The van der Waals surface area contributed by atoms with Crippen LogP contribution in [-0.4, -0.2) is 36.3 Å². The van der Waals surface area contributed by atoms with Crippen LogP contribution >= 0.6 is 0 Å². The molecule has 5 heteroatoms. The van der Waals surface area contributed by atoms with E-state index in [4.69, 9.17) is 13.9 Å². The Kier molecular flexibility index (Phi) is 6.10. The van der Waals surface area contributed by atoms with Gasteiger partial charge in [-0.3, -0.25) is 0 Å². The molecule has 1 aliphatic rings. The quantitative estimate of drug-likeness (QED) is 0.806. The zero-order valence-corrected chi connectivity index (χ0v) is 14.7. The second-order valence-electron chi connectivity index (χ2n) is 7.25. The summed E-state index contributed by atoms with van der Waals surface area (Å²) in [6.07, 6.45) is 4.54. The third kappa shape index (κ3) is 5.90. The Morgan fingerprint density at radius 2 is 2.26 bits per heavy atom. The van der Waals surface area contributed by atoms with Crippen LogP contribution in [0.3, 0.4) is 0 Å². The van der Waals surface area contributed by atoms with Gasteiger partial charge in [0.05, 0.1) is 6.26 Å². The lowest BCUT2D eigenvalue weighted by atomic mass is 9.95. The van der Waals surface area contributed by atoms with Gasteiger partial charge in [0.25, 0.3) is 0 Å². The predicted molar refractivity (Wildman–Crippen MR) is 88.2 cm³/mol. The summed E-state index contributed by atoms with van der Waals surface area (Å²) >= 11 is 0. The highest BCUT2D eigenvalue weighted by atomic mass is 16.6. The summed E-state index contributed by atoms with van der Waals surface area (Å²) < 4.78 is 16.6. The summed E-state index contributed by atoms with van der Waals surface area (Å²) in [4.78, 5) is 14.0. The molecule has 2 atom stereocenters. The number of nitrogens with zero attached hydrogens (tertiary/aromatic N) is 1. The van der Waals surface area contributed by atoms with Crippen LogP contribution in [0.5, 0.6) is 0 Å². The lowest BCUT2D eigenvalue weighted by Gasteiger charge is -2.34. The van der Waals surface area contributed by atoms with E-state index in [0.29, 0.717) is 12.5 Å². The molecule has 0 N–H and O–H groups in total.